The molecule has 90 valence electrons. The zero-order valence-corrected chi connectivity index (χ0v) is 10.4. The minimum atomic E-state index is 0.129. The number of fused-ring (bicyclic) bond motifs is 1. The number of nitrogens with zero attached hydrogens (tertiary/aromatic N) is 1. The number of aryl methyl sites for hydroxylation is 2. The fourth-order valence-electron chi connectivity index (χ4n) is 2.51. The van der Waals surface area contributed by atoms with E-state index in [4.69, 9.17) is 0 Å². The number of Topliss-reactive ketones (excluding diaryl/α,β-unsaturated/α-hetero) is 1. The van der Waals surface area contributed by atoms with Gasteiger partial charge in [-0.1, -0.05) is 17.7 Å². The van der Waals surface area contributed by atoms with E-state index in [1.165, 1.54) is 11.1 Å². The number of allylic oxidation sites excluding steroid dienone is 1. The van der Waals surface area contributed by atoms with Crippen molar-refractivity contribution in [3.63, 3.8) is 0 Å². The molecule has 0 saturated carbocycles. The molecule has 0 spiro atoms. The van der Waals surface area contributed by atoms with Crippen molar-refractivity contribution in [3.05, 3.63) is 52.6 Å². The van der Waals surface area contributed by atoms with Crippen molar-refractivity contribution in [2.45, 2.75) is 20.3 Å². The summed E-state index contributed by atoms with van der Waals surface area (Å²) in [6.07, 6.45) is 5.81. The minimum absolute atomic E-state index is 0.129. The Kier molecular flexibility index (Phi) is 2.40. The number of nitrogens with one attached hydrogen (secondary N) is 1. The number of hydrogen-bond donors (Lipinski definition) is 1. The fraction of sp³-hybridized carbons (Fsp3) is 0.200. The van der Waals surface area contributed by atoms with E-state index in [0.29, 0.717) is 17.8 Å². The highest BCUT2D eigenvalue weighted by atomic mass is 16.1. The molecule has 0 radical (unpaired) electrons. The molecule has 3 nitrogen and oxygen atoms in total. The van der Waals surface area contributed by atoms with Crippen LogP contribution in [0, 0.1) is 13.8 Å². The molecular formula is C15H14N2O. The summed E-state index contributed by atoms with van der Waals surface area (Å²) >= 11 is 0. The molecule has 18 heavy (non-hydrogen) atoms. The molecule has 0 unspecified atom stereocenters. The first-order valence-electron chi connectivity index (χ1n) is 6.00. The van der Waals surface area contributed by atoms with Crippen LogP contribution in [-0.2, 0) is 11.2 Å². The Morgan fingerprint density at radius 1 is 1.28 bits per heavy atom. The Morgan fingerprint density at radius 3 is 2.83 bits per heavy atom. The van der Waals surface area contributed by atoms with Crippen molar-refractivity contribution >= 4 is 17.4 Å². The van der Waals surface area contributed by atoms with Gasteiger partial charge in [-0.25, -0.2) is 4.98 Å². The number of aromatic nitrogens is 2. The monoisotopic (exact) mass is 238 g/mol. The van der Waals surface area contributed by atoms with Gasteiger partial charge in [0.05, 0.1) is 5.57 Å². The van der Waals surface area contributed by atoms with Crippen molar-refractivity contribution in [3.8, 4) is 0 Å². The Bertz CT molecular complexity index is 651. The highest BCUT2D eigenvalue weighted by molar-refractivity contribution is 6.26. The largest absolute Gasteiger partial charge is 0.345 e. The molecule has 0 atom stereocenters. The number of ketones is 1. The lowest BCUT2D eigenvalue weighted by Crippen LogP contribution is -2.13. The summed E-state index contributed by atoms with van der Waals surface area (Å²) in [7, 11) is 0. The van der Waals surface area contributed by atoms with E-state index in [1.54, 1.807) is 12.4 Å². The van der Waals surface area contributed by atoms with Crippen LogP contribution in [0.15, 0.2) is 24.5 Å². The van der Waals surface area contributed by atoms with E-state index < -0.39 is 0 Å². The van der Waals surface area contributed by atoms with Crippen LogP contribution in [0.4, 0.5) is 0 Å². The van der Waals surface area contributed by atoms with Gasteiger partial charge in [-0.15, -0.1) is 0 Å². The molecular weight excluding hydrogens is 224 g/mol. The zero-order valence-electron chi connectivity index (χ0n) is 10.4. The van der Waals surface area contributed by atoms with Crippen LogP contribution in [0.2, 0.25) is 0 Å². The lowest BCUT2D eigenvalue weighted by molar-refractivity contribution is -0.113. The summed E-state index contributed by atoms with van der Waals surface area (Å²) in [6.45, 7) is 4.13. The molecule has 0 saturated heterocycles. The van der Waals surface area contributed by atoms with Gasteiger partial charge >= 0.3 is 0 Å². The number of rotatable bonds is 1. The predicted octanol–water partition coefficient (Wildman–Crippen LogP) is 2.69. The summed E-state index contributed by atoms with van der Waals surface area (Å²) in [5.74, 6) is 0.786. The van der Waals surface area contributed by atoms with Crippen LogP contribution in [0.25, 0.3) is 11.6 Å². The Labute approximate surface area is 106 Å². The second-order valence-corrected chi connectivity index (χ2v) is 4.75. The number of hydrogen-bond acceptors (Lipinski definition) is 2. The van der Waals surface area contributed by atoms with Crippen LogP contribution in [0.1, 0.15) is 28.1 Å². The van der Waals surface area contributed by atoms with Gasteiger partial charge in [0.2, 0.25) is 0 Å². The number of imidazole rings is 1. The standard InChI is InChI=1S/C15H14N2O/c1-9-5-10(2)12-8-14(18)13(7-11(12)6-9)15-16-3-4-17-15/h3-7H,8H2,1-2H3,(H,16,17). The molecule has 3 rings (SSSR count). The van der Waals surface area contributed by atoms with Gasteiger partial charge in [0.15, 0.2) is 5.78 Å². The topological polar surface area (TPSA) is 45.8 Å². The number of aromatic amines is 1. The van der Waals surface area contributed by atoms with E-state index in [1.807, 2.05) is 6.08 Å². The van der Waals surface area contributed by atoms with Gasteiger partial charge < -0.3 is 4.98 Å². The first-order valence-corrected chi connectivity index (χ1v) is 6.00. The molecule has 1 N–H and O–H groups in total. The van der Waals surface area contributed by atoms with E-state index in [-0.39, 0.29) is 5.78 Å². The molecule has 0 fully saturated rings. The number of H-pyrrole nitrogens is 1. The quantitative estimate of drug-likeness (QED) is 0.830. The lowest BCUT2D eigenvalue weighted by atomic mass is 9.87. The lowest BCUT2D eigenvalue weighted by Gasteiger charge is -2.17. The van der Waals surface area contributed by atoms with Crippen LogP contribution in [0.5, 0.6) is 0 Å². The highest BCUT2D eigenvalue weighted by Crippen LogP contribution is 2.29. The minimum Gasteiger partial charge on any atom is -0.345 e. The maximum absolute atomic E-state index is 12.2. The molecule has 1 heterocycles. The molecule has 0 bridgehead atoms. The summed E-state index contributed by atoms with van der Waals surface area (Å²) < 4.78 is 0. The van der Waals surface area contributed by atoms with Crippen LogP contribution < -0.4 is 0 Å². The molecule has 1 aromatic heterocycles. The summed E-state index contributed by atoms with van der Waals surface area (Å²) in [5.41, 5.74) is 5.36. The average molecular weight is 238 g/mol. The molecule has 1 aliphatic carbocycles. The third-order valence-corrected chi connectivity index (χ3v) is 3.34. The maximum Gasteiger partial charge on any atom is 0.171 e. The van der Waals surface area contributed by atoms with Crippen LogP contribution in [-0.4, -0.2) is 15.8 Å². The van der Waals surface area contributed by atoms with Crippen molar-refractivity contribution in [2.75, 3.05) is 0 Å². The SMILES string of the molecule is Cc1cc(C)c2c(c1)C=C(c1ncc[nH]1)C(=O)C2. The second kappa shape index (κ2) is 3.95. The molecule has 1 aliphatic rings. The highest BCUT2D eigenvalue weighted by Gasteiger charge is 2.22. The molecule has 0 amide bonds. The normalized spacial score (nSPS) is 14.3. The number of carbonyl (C=O) groups excluding carboxylic acids is 1. The van der Waals surface area contributed by atoms with Gasteiger partial charge in [0, 0.05) is 18.8 Å². The van der Waals surface area contributed by atoms with Gasteiger partial charge in [-0.05, 0) is 36.6 Å². The van der Waals surface area contributed by atoms with Crippen molar-refractivity contribution in [2.24, 2.45) is 0 Å². The summed E-state index contributed by atoms with van der Waals surface area (Å²) in [6, 6.07) is 4.25. The van der Waals surface area contributed by atoms with Gasteiger partial charge in [0.1, 0.15) is 5.82 Å². The maximum atomic E-state index is 12.2. The second-order valence-electron chi connectivity index (χ2n) is 4.75. The Balaban J connectivity index is 2.18. The van der Waals surface area contributed by atoms with E-state index in [2.05, 4.69) is 35.9 Å². The smallest absolute Gasteiger partial charge is 0.171 e. The van der Waals surface area contributed by atoms with Crippen LogP contribution >= 0.6 is 0 Å². The van der Waals surface area contributed by atoms with E-state index in [9.17, 15) is 4.79 Å². The average Bonchev–Trinajstić information content (AvgIpc) is 2.83. The first-order chi connectivity index (χ1) is 8.65. The van der Waals surface area contributed by atoms with Crippen molar-refractivity contribution in [1.29, 1.82) is 0 Å². The van der Waals surface area contributed by atoms with Crippen molar-refractivity contribution < 1.29 is 4.79 Å². The Hall–Kier alpha value is -2.16. The molecule has 2 aromatic rings. The van der Waals surface area contributed by atoms with Gasteiger partial charge in [-0.2, -0.15) is 0 Å². The van der Waals surface area contributed by atoms with E-state index >= 15 is 0 Å². The number of carbonyl (C=O) groups is 1. The third kappa shape index (κ3) is 1.68. The molecule has 3 heteroatoms. The third-order valence-electron chi connectivity index (χ3n) is 3.34. The molecule has 1 aromatic carbocycles. The van der Waals surface area contributed by atoms with Crippen LogP contribution in [0.3, 0.4) is 0 Å². The summed E-state index contributed by atoms with van der Waals surface area (Å²) in [4.78, 5) is 19.3. The van der Waals surface area contributed by atoms with Gasteiger partial charge in [-0.3, -0.25) is 4.79 Å². The molecule has 0 aliphatic heterocycles. The predicted molar refractivity (Wildman–Crippen MR) is 71.1 cm³/mol. The fourth-order valence-corrected chi connectivity index (χ4v) is 2.51. The summed E-state index contributed by atoms with van der Waals surface area (Å²) in [5, 5.41) is 0. The van der Waals surface area contributed by atoms with E-state index in [0.717, 1.165) is 11.1 Å². The first kappa shape index (κ1) is 11.0. The Morgan fingerprint density at radius 2 is 2.11 bits per heavy atom. The van der Waals surface area contributed by atoms with Gasteiger partial charge in [0.25, 0.3) is 0 Å². The van der Waals surface area contributed by atoms with Crippen molar-refractivity contribution in [1.82, 2.24) is 9.97 Å². The number of benzene rings is 1. The zero-order chi connectivity index (χ0) is 12.7.